The molecule has 0 amide bonds. The topological polar surface area (TPSA) is 34.1 Å². The van der Waals surface area contributed by atoms with E-state index in [1.165, 1.54) is 29.2 Å². The third-order valence-electron chi connectivity index (χ3n) is 3.95. The molecule has 0 spiro atoms. The maximum atomic E-state index is 5.76. The van der Waals surface area contributed by atoms with Gasteiger partial charge in [0.25, 0.3) is 0 Å². The summed E-state index contributed by atoms with van der Waals surface area (Å²) < 4.78 is 5.76. The summed E-state index contributed by atoms with van der Waals surface area (Å²) in [5.41, 5.74) is 1.27. The molecule has 1 aromatic carbocycles. The van der Waals surface area contributed by atoms with Crippen LogP contribution in [-0.4, -0.2) is 24.7 Å². The van der Waals surface area contributed by atoms with E-state index in [1.54, 1.807) is 0 Å². The predicted octanol–water partition coefficient (Wildman–Crippen LogP) is 3.06. The van der Waals surface area contributed by atoms with Crippen molar-refractivity contribution in [3.63, 3.8) is 0 Å². The van der Waals surface area contributed by atoms with Crippen LogP contribution in [0.25, 0.3) is 10.8 Å². The van der Waals surface area contributed by atoms with Gasteiger partial charge in [-0.3, -0.25) is 4.98 Å². The van der Waals surface area contributed by atoms with Gasteiger partial charge >= 0.3 is 0 Å². The first-order valence-electron chi connectivity index (χ1n) is 7.00. The predicted molar refractivity (Wildman–Crippen MR) is 77.1 cm³/mol. The first-order valence-corrected chi connectivity index (χ1v) is 7.00. The van der Waals surface area contributed by atoms with Crippen LogP contribution in [0.1, 0.15) is 30.9 Å². The van der Waals surface area contributed by atoms with E-state index < -0.39 is 0 Å². The molecular formula is C16H20N2O. The Morgan fingerprint density at radius 3 is 3.05 bits per heavy atom. The molecule has 3 rings (SSSR count). The third-order valence-corrected chi connectivity index (χ3v) is 3.95. The number of hydrogen-bond donors (Lipinski definition) is 1. The van der Waals surface area contributed by atoms with E-state index in [0.717, 1.165) is 13.0 Å². The minimum Gasteiger partial charge on any atom is -0.378 e. The summed E-state index contributed by atoms with van der Waals surface area (Å²) in [6.45, 7) is 0.912. The Labute approximate surface area is 114 Å². The fourth-order valence-corrected chi connectivity index (χ4v) is 2.91. The van der Waals surface area contributed by atoms with Gasteiger partial charge in [0.05, 0.1) is 6.10 Å². The van der Waals surface area contributed by atoms with Gasteiger partial charge in [-0.2, -0.15) is 0 Å². The number of benzene rings is 1. The molecule has 3 nitrogen and oxygen atoms in total. The van der Waals surface area contributed by atoms with Crippen LogP contribution < -0.4 is 5.32 Å². The van der Waals surface area contributed by atoms with Crippen LogP contribution in [0.4, 0.5) is 0 Å². The van der Waals surface area contributed by atoms with Gasteiger partial charge < -0.3 is 10.1 Å². The average molecular weight is 256 g/mol. The summed E-state index contributed by atoms with van der Waals surface area (Å²) in [6.07, 6.45) is 7.68. The van der Waals surface area contributed by atoms with E-state index in [0.29, 0.717) is 12.1 Å². The van der Waals surface area contributed by atoms with Gasteiger partial charge in [0.1, 0.15) is 0 Å². The van der Waals surface area contributed by atoms with Gasteiger partial charge in [0.15, 0.2) is 0 Å². The zero-order valence-corrected chi connectivity index (χ0v) is 11.3. The Morgan fingerprint density at radius 2 is 2.26 bits per heavy atom. The normalized spacial score (nSPS) is 20.8. The molecule has 2 atom stereocenters. The molecule has 2 aromatic rings. The van der Waals surface area contributed by atoms with Crippen LogP contribution >= 0.6 is 0 Å². The van der Waals surface area contributed by atoms with Crippen molar-refractivity contribution in [2.24, 2.45) is 0 Å². The van der Waals surface area contributed by atoms with Crippen LogP contribution in [0.3, 0.4) is 0 Å². The Morgan fingerprint density at radius 1 is 1.37 bits per heavy atom. The van der Waals surface area contributed by atoms with Crippen LogP contribution in [0.15, 0.2) is 36.7 Å². The highest BCUT2D eigenvalue weighted by Crippen LogP contribution is 2.29. The number of fused-ring (bicyclic) bond motifs is 1. The van der Waals surface area contributed by atoms with E-state index >= 15 is 0 Å². The van der Waals surface area contributed by atoms with Gasteiger partial charge in [-0.15, -0.1) is 0 Å². The molecule has 1 aliphatic rings. The molecule has 1 saturated heterocycles. The Balaban J connectivity index is 1.91. The lowest BCUT2D eigenvalue weighted by Gasteiger charge is -2.21. The molecule has 0 bridgehead atoms. The summed E-state index contributed by atoms with van der Waals surface area (Å²) in [4.78, 5) is 4.38. The number of ether oxygens (including phenoxy) is 1. The van der Waals surface area contributed by atoms with E-state index in [2.05, 4.69) is 34.6 Å². The van der Waals surface area contributed by atoms with Crippen LogP contribution in [0.2, 0.25) is 0 Å². The van der Waals surface area contributed by atoms with Crippen molar-refractivity contribution in [1.29, 1.82) is 0 Å². The highest BCUT2D eigenvalue weighted by atomic mass is 16.5. The minimum absolute atomic E-state index is 0.307. The van der Waals surface area contributed by atoms with Crippen molar-refractivity contribution < 1.29 is 4.74 Å². The smallest absolute Gasteiger partial charge is 0.0594 e. The van der Waals surface area contributed by atoms with Crippen molar-refractivity contribution >= 4 is 10.8 Å². The standard InChI is InChI=1S/C16H20N2O/c1-17-16(9-13-6-4-8-19-13)15-11-18-10-12-5-2-3-7-14(12)15/h2-3,5,7,10-11,13,16-17H,4,6,8-9H2,1H3. The molecule has 0 radical (unpaired) electrons. The second kappa shape index (κ2) is 5.68. The lowest BCUT2D eigenvalue weighted by molar-refractivity contribution is 0.0955. The van der Waals surface area contributed by atoms with Crippen LogP contribution in [0.5, 0.6) is 0 Å². The summed E-state index contributed by atoms with van der Waals surface area (Å²) in [5.74, 6) is 0. The van der Waals surface area contributed by atoms with Crippen molar-refractivity contribution in [2.45, 2.75) is 31.4 Å². The number of rotatable bonds is 4. The van der Waals surface area contributed by atoms with Crippen molar-refractivity contribution in [1.82, 2.24) is 10.3 Å². The summed E-state index contributed by atoms with van der Waals surface area (Å²) in [7, 11) is 2.02. The molecule has 2 heterocycles. The molecule has 100 valence electrons. The highest BCUT2D eigenvalue weighted by Gasteiger charge is 2.22. The number of aromatic nitrogens is 1. The van der Waals surface area contributed by atoms with E-state index in [1.807, 2.05) is 19.4 Å². The first kappa shape index (κ1) is 12.6. The monoisotopic (exact) mass is 256 g/mol. The molecule has 1 aliphatic heterocycles. The second-order valence-corrected chi connectivity index (χ2v) is 5.16. The first-order chi connectivity index (χ1) is 9.38. The second-order valence-electron chi connectivity index (χ2n) is 5.16. The number of nitrogens with one attached hydrogen (secondary N) is 1. The fraction of sp³-hybridized carbons (Fsp3) is 0.438. The van der Waals surface area contributed by atoms with Gasteiger partial charge in [0, 0.05) is 30.4 Å². The zero-order chi connectivity index (χ0) is 13.1. The Hall–Kier alpha value is -1.45. The molecular weight excluding hydrogens is 236 g/mol. The number of nitrogens with zero attached hydrogens (tertiary/aromatic N) is 1. The molecule has 1 aromatic heterocycles. The minimum atomic E-state index is 0.307. The highest BCUT2D eigenvalue weighted by molar-refractivity contribution is 5.85. The molecule has 0 aliphatic carbocycles. The Bertz CT molecular complexity index is 544. The molecule has 0 saturated carbocycles. The lowest BCUT2D eigenvalue weighted by Crippen LogP contribution is -2.22. The van der Waals surface area contributed by atoms with E-state index in [9.17, 15) is 0 Å². The summed E-state index contributed by atoms with van der Waals surface area (Å²) >= 11 is 0. The molecule has 3 heteroatoms. The maximum absolute atomic E-state index is 5.76. The van der Waals surface area contributed by atoms with Gasteiger partial charge in [0.2, 0.25) is 0 Å². The van der Waals surface area contributed by atoms with Gasteiger partial charge in [-0.25, -0.2) is 0 Å². The lowest BCUT2D eigenvalue weighted by atomic mass is 9.96. The molecule has 2 unspecified atom stereocenters. The van der Waals surface area contributed by atoms with Crippen LogP contribution in [-0.2, 0) is 4.74 Å². The quantitative estimate of drug-likeness (QED) is 0.913. The average Bonchev–Trinajstić information content (AvgIpc) is 2.97. The number of pyridine rings is 1. The maximum Gasteiger partial charge on any atom is 0.0594 e. The largest absolute Gasteiger partial charge is 0.378 e. The van der Waals surface area contributed by atoms with Gasteiger partial charge in [-0.1, -0.05) is 24.3 Å². The van der Waals surface area contributed by atoms with Crippen molar-refractivity contribution in [3.05, 3.63) is 42.2 Å². The summed E-state index contributed by atoms with van der Waals surface area (Å²) in [6, 6.07) is 8.74. The summed E-state index contributed by atoms with van der Waals surface area (Å²) in [5, 5.41) is 5.91. The van der Waals surface area contributed by atoms with Crippen molar-refractivity contribution in [3.8, 4) is 0 Å². The van der Waals surface area contributed by atoms with E-state index in [4.69, 9.17) is 4.74 Å². The fourth-order valence-electron chi connectivity index (χ4n) is 2.91. The van der Waals surface area contributed by atoms with E-state index in [-0.39, 0.29) is 0 Å². The molecule has 1 fully saturated rings. The molecule has 1 N–H and O–H groups in total. The number of hydrogen-bond acceptors (Lipinski definition) is 3. The van der Waals surface area contributed by atoms with Crippen molar-refractivity contribution in [2.75, 3.05) is 13.7 Å². The third kappa shape index (κ3) is 2.62. The van der Waals surface area contributed by atoms with Crippen LogP contribution in [0, 0.1) is 0 Å². The SMILES string of the molecule is CNC(CC1CCCO1)c1cncc2ccccc12. The Kier molecular flexibility index (Phi) is 3.76. The molecule has 19 heavy (non-hydrogen) atoms. The zero-order valence-electron chi connectivity index (χ0n) is 11.3. The van der Waals surface area contributed by atoms with Gasteiger partial charge in [-0.05, 0) is 37.3 Å².